The lowest BCUT2D eigenvalue weighted by Gasteiger charge is -2.39. The zero-order valence-corrected chi connectivity index (χ0v) is 13.2. The van der Waals surface area contributed by atoms with Crippen molar-refractivity contribution in [2.45, 2.75) is 51.1 Å². The molecule has 2 atom stereocenters. The maximum atomic E-state index is 5.97. The lowest BCUT2D eigenvalue weighted by atomic mass is 9.91. The van der Waals surface area contributed by atoms with Crippen molar-refractivity contribution in [2.75, 3.05) is 13.1 Å². The molecule has 2 N–H and O–H groups in total. The second-order valence-corrected chi connectivity index (χ2v) is 6.77. The summed E-state index contributed by atoms with van der Waals surface area (Å²) < 4.78 is 0. The minimum Gasteiger partial charge on any atom is -0.329 e. The van der Waals surface area contributed by atoms with Gasteiger partial charge in [0.1, 0.15) is 0 Å². The highest BCUT2D eigenvalue weighted by molar-refractivity contribution is 7.09. The van der Waals surface area contributed by atoms with E-state index in [1.54, 1.807) is 0 Å². The van der Waals surface area contributed by atoms with Gasteiger partial charge >= 0.3 is 0 Å². The first-order chi connectivity index (χ1) is 8.79. The molecular weight excluding hydrogens is 278 g/mol. The third-order valence-electron chi connectivity index (χ3n) is 4.46. The minimum absolute atomic E-state index is 0. The van der Waals surface area contributed by atoms with Crippen LogP contribution < -0.4 is 5.73 Å². The van der Waals surface area contributed by atoms with Crippen LogP contribution in [0.5, 0.6) is 0 Å². The number of rotatable bonds is 4. The average molecular weight is 302 g/mol. The maximum absolute atomic E-state index is 5.97. The van der Waals surface area contributed by atoms with Crippen LogP contribution in [0.2, 0.25) is 0 Å². The molecule has 1 aromatic rings. The van der Waals surface area contributed by atoms with Crippen LogP contribution in [0.4, 0.5) is 0 Å². The van der Waals surface area contributed by atoms with E-state index in [-0.39, 0.29) is 12.4 Å². The first kappa shape index (κ1) is 15.2. The van der Waals surface area contributed by atoms with E-state index in [2.05, 4.69) is 16.8 Å². The van der Waals surface area contributed by atoms with E-state index in [1.807, 2.05) is 16.8 Å². The van der Waals surface area contributed by atoms with E-state index in [0.717, 1.165) is 24.9 Å². The smallest absolute Gasteiger partial charge is 0.0798 e. The number of nitrogens with zero attached hydrogens (tertiary/aromatic N) is 2. The van der Waals surface area contributed by atoms with Crippen LogP contribution >= 0.6 is 23.7 Å². The monoisotopic (exact) mass is 301 g/mol. The Morgan fingerprint density at radius 3 is 2.89 bits per heavy atom. The van der Waals surface area contributed by atoms with Crippen LogP contribution in [0.3, 0.4) is 0 Å². The first-order valence-electron chi connectivity index (χ1n) is 7.16. The van der Waals surface area contributed by atoms with Crippen molar-refractivity contribution in [1.29, 1.82) is 0 Å². The first-order valence-corrected chi connectivity index (χ1v) is 8.04. The van der Waals surface area contributed by atoms with E-state index in [1.165, 1.54) is 42.8 Å². The van der Waals surface area contributed by atoms with Crippen LogP contribution in [0.25, 0.3) is 0 Å². The van der Waals surface area contributed by atoms with E-state index >= 15 is 0 Å². The number of nitrogens with two attached hydrogens (primary N) is 1. The molecule has 0 radical (unpaired) electrons. The number of likely N-dealkylation sites (tertiary alicyclic amines) is 1. The molecule has 1 aliphatic heterocycles. The molecule has 5 heteroatoms. The number of hydrogen-bond acceptors (Lipinski definition) is 4. The standard InChI is InChI=1S/C14H23N3S.ClH/c1-10-3-2-6-17(12(10)7-15)8-13-14(11-4-5-11)16-9-18-13;/h9-12H,2-8,15H2,1H3;1H. The third kappa shape index (κ3) is 3.30. The molecular formula is C14H24ClN3S. The van der Waals surface area contributed by atoms with Crippen molar-refractivity contribution in [3.63, 3.8) is 0 Å². The number of aromatic nitrogens is 1. The highest BCUT2D eigenvalue weighted by Crippen LogP contribution is 2.42. The van der Waals surface area contributed by atoms with Gasteiger partial charge in [0.05, 0.1) is 11.2 Å². The predicted octanol–water partition coefficient (Wildman–Crippen LogP) is 3.00. The molecule has 0 aromatic carbocycles. The summed E-state index contributed by atoms with van der Waals surface area (Å²) >= 11 is 1.83. The van der Waals surface area contributed by atoms with Crippen molar-refractivity contribution in [2.24, 2.45) is 11.7 Å². The molecule has 1 saturated carbocycles. The van der Waals surface area contributed by atoms with E-state index in [9.17, 15) is 0 Å². The lowest BCUT2D eigenvalue weighted by molar-refractivity contribution is 0.0998. The Morgan fingerprint density at radius 2 is 2.21 bits per heavy atom. The van der Waals surface area contributed by atoms with Crippen LogP contribution in [0.15, 0.2) is 5.51 Å². The Bertz CT molecular complexity index is 405. The van der Waals surface area contributed by atoms with Gasteiger partial charge in [0, 0.05) is 29.9 Å². The fourth-order valence-corrected chi connectivity index (χ4v) is 4.06. The zero-order chi connectivity index (χ0) is 12.5. The molecule has 1 aliphatic carbocycles. The molecule has 1 aromatic heterocycles. The topological polar surface area (TPSA) is 42.2 Å². The third-order valence-corrected chi connectivity index (χ3v) is 5.29. The van der Waals surface area contributed by atoms with Gasteiger partial charge in [-0.3, -0.25) is 4.90 Å². The maximum Gasteiger partial charge on any atom is 0.0798 e. The summed E-state index contributed by atoms with van der Waals surface area (Å²) in [6, 6.07) is 0.563. The van der Waals surface area contributed by atoms with Gasteiger partial charge in [-0.05, 0) is 38.1 Å². The van der Waals surface area contributed by atoms with Gasteiger partial charge in [-0.1, -0.05) is 6.92 Å². The van der Waals surface area contributed by atoms with Gasteiger partial charge in [0.25, 0.3) is 0 Å². The molecule has 2 heterocycles. The Kier molecular flexibility index (Phi) is 5.23. The molecule has 2 aliphatic rings. The Morgan fingerprint density at radius 1 is 1.42 bits per heavy atom. The van der Waals surface area contributed by atoms with Crippen LogP contribution in [-0.2, 0) is 6.54 Å². The Labute approximate surface area is 126 Å². The van der Waals surface area contributed by atoms with Crippen molar-refractivity contribution in [3.8, 4) is 0 Å². The van der Waals surface area contributed by atoms with E-state index in [0.29, 0.717) is 6.04 Å². The summed E-state index contributed by atoms with van der Waals surface area (Å²) in [7, 11) is 0. The number of hydrogen-bond donors (Lipinski definition) is 1. The van der Waals surface area contributed by atoms with Crippen molar-refractivity contribution in [3.05, 3.63) is 16.1 Å². The summed E-state index contributed by atoms with van der Waals surface area (Å²) in [5, 5.41) is 0. The van der Waals surface area contributed by atoms with Crippen LogP contribution in [0.1, 0.15) is 49.1 Å². The van der Waals surface area contributed by atoms with Gasteiger partial charge in [0.15, 0.2) is 0 Å². The molecule has 0 spiro atoms. The number of piperidine rings is 1. The van der Waals surface area contributed by atoms with Gasteiger partial charge in [0.2, 0.25) is 0 Å². The summed E-state index contributed by atoms with van der Waals surface area (Å²) in [6.07, 6.45) is 5.33. The SMILES string of the molecule is CC1CCCN(Cc2scnc2C2CC2)C1CN.Cl. The quantitative estimate of drug-likeness (QED) is 0.929. The summed E-state index contributed by atoms with van der Waals surface area (Å²) in [6.45, 7) is 5.41. The number of thiazole rings is 1. The largest absolute Gasteiger partial charge is 0.329 e. The average Bonchev–Trinajstić information content (AvgIpc) is 3.11. The van der Waals surface area contributed by atoms with Crippen LogP contribution in [0, 0.1) is 5.92 Å². The molecule has 1 saturated heterocycles. The predicted molar refractivity (Wildman–Crippen MR) is 83.0 cm³/mol. The highest BCUT2D eigenvalue weighted by atomic mass is 35.5. The van der Waals surface area contributed by atoms with Crippen molar-refractivity contribution < 1.29 is 0 Å². The molecule has 2 fully saturated rings. The van der Waals surface area contributed by atoms with Crippen molar-refractivity contribution in [1.82, 2.24) is 9.88 Å². The molecule has 2 unspecified atom stereocenters. The van der Waals surface area contributed by atoms with Crippen molar-refractivity contribution >= 4 is 23.7 Å². The lowest BCUT2D eigenvalue weighted by Crippen LogP contribution is -2.48. The van der Waals surface area contributed by atoms with E-state index in [4.69, 9.17) is 5.73 Å². The van der Waals surface area contributed by atoms with Crippen LogP contribution in [-0.4, -0.2) is 29.0 Å². The molecule has 3 nitrogen and oxygen atoms in total. The number of halogens is 1. The fraction of sp³-hybridized carbons (Fsp3) is 0.786. The highest BCUT2D eigenvalue weighted by Gasteiger charge is 2.31. The second kappa shape index (κ2) is 6.53. The Balaban J connectivity index is 0.00000133. The molecule has 108 valence electrons. The normalized spacial score (nSPS) is 28.1. The summed E-state index contributed by atoms with van der Waals surface area (Å²) in [4.78, 5) is 8.66. The van der Waals surface area contributed by atoms with E-state index < -0.39 is 0 Å². The summed E-state index contributed by atoms with van der Waals surface area (Å²) in [5.41, 5.74) is 9.37. The second-order valence-electron chi connectivity index (χ2n) is 5.83. The molecule has 3 rings (SSSR count). The minimum atomic E-state index is 0. The van der Waals surface area contributed by atoms with Gasteiger partial charge in [-0.15, -0.1) is 23.7 Å². The molecule has 0 amide bonds. The van der Waals surface area contributed by atoms with Gasteiger partial charge < -0.3 is 5.73 Å². The molecule has 0 bridgehead atoms. The van der Waals surface area contributed by atoms with Gasteiger partial charge in [-0.2, -0.15) is 0 Å². The summed E-state index contributed by atoms with van der Waals surface area (Å²) in [5.74, 6) is 1.51. The molecule has 19 heavy (non-hydrogen) atoms. The fourth-order valence-electron chi connectivity index (χ4n) is 3.18. The zero-order valence-electron chi connectivity index (χ0n) is 11.5. The van der Waals surface area contributed by atoms with Gasteiger partial charge in [-0.25, -0.2) is 4.98 Å². The Hall–Kier alpha value is -0.160.